The topological polar surface area (TPSA) is 71.5 Å². The first-order valence-corrected chi connectivity index (χ1v) is 7.68. The lowest BCUT2D eigenvalue weighted by Crippen LogP contribution is -2.25. The molecule has 5 nitrogen and oxygen atoms in total. The van der Waals surface area contributed by atoms with E-state index in [1.165, 1.54) is 13.0 Å². The van der Waals surface area contributed by atoms with Gasteiger partial charge in [-0.15, -0.1) is 0 Å². The molecule has 0 aliphatic carbocycles. The molecule has 1 aromatic carbocycles. The molecule has 1 aliphatic heterocycles. The van der Waals surface area contributed by atoms with Crippen LogP contribution in [0.25, 0.3) is 0 Å². The molecule has 0 radical (unpaired) electrons. The molecule has 0 unspecified atom stereocenters. The van der Waals surface area contributed by atoms with Gasteiger partial charge < -0.3 is 9.69 Å². The third-order valence-corrected chi connectivity index (χ3v) is 4.94. The van der Waals surface area contributed by atoms with Crippen LogP contribution in [0.4, 0.5) is 5.69 Å². The summed E-state index contributed by atoms with van der Waals surface area (Å²) in [6.45, 7) is 2.08. The van der Waals surface area contributed by atoms with E-state index in [9.17, 15) is 18.0 Å². The monoisotopic (exact) mass is 281 g/mol. The Bertz CT molecular complexity index is 622. The van der Waals surface area contributed by atoms with Gasteiger partial charge in [-0.1, -0.05) is 0 Å². The molecule has 6 heteroatoms. The first kappa shape index (κ1) is 13.7. The van der Waals surface area contributed by atoms with Crippen molar-refractivity contribution < 1.29 is 18.0 Å². The standard InChI is InChI=1S/C13H15NO4S/c1-10(16)14-6-5-11-9-12(3-4-13(11)14)19(17,18)8-2-7-15/h3-4,7,9H,2,5-6,8H2,1H3. The average molecular weight is 281 g/mol. The normalized spacial score (nSPS) is 14.3. The van der Waals surface area contributed by atoms with Crippen molar-refractivity contribution in [3.63, 3.8) is 0 Å². The highest BCUT2D eigenvalue weighted by molar-refractivity contribution is 7.91. The maximum absolute atomic E-state index is 12.0. The minimum atomic E-state index is -3.42. The van der Waals surface area contributed by atoms with Crippen molar-refractivity contribution in [1.82, 2.24) is 0 Å². The van der Waals surface area contributed by atoms with Crippen molar-refractivity contribution in [3.8, 4) is 0 Å². The van der Waals surface area contributed by atoms with Gasteiger partial charge in [-0.3, -0.25) is 4.79 Å². The van der Waals surface area contributed by atoms with Crippen LogP contribution in [-0.2, 0) is 25.8 Å². The summed E-state index contributed by atoms with van der Waals surface area (Å²) >= 11 is 0. The summed E-state index contributed by atoms with van der Waals surface area (Å²) < 4.78 is 23.9. The van der Waals surface area contributed by atoms with E-state index in [0.29, 0.717) is 19.3 Å². The highest BCUT2D eigenvalue weighted by Crippen LogP contribution is 2.30. The maximum atomic E-state index is 12.0. The molecular weight excluding hydrogens is 266 g/mol. The Hall–Kier alpha value is -1.69. The van der Waals surface area contributed by atoms with Gasteiger partial charge in [0.15, 0.2) is 9.84 Å². The minimum Gasteiger partial charge on any atom is -0.312 e. The zero-order valence-corrected chi connectivity index (χ0v) is 11.4. The van der Waals surface area contributed by atoms with Gasteiger partial charge in [0.25, 0.3) is 0 Å². The second-order valence-corrected chi connectivity index (χ2v) is 6.59. The fraction of sp³-hybridized carbons (Fsp3) is 0.385. The van der Waals surface area contributed by atoms with Gasteiger partial charge in [-0.05, 0) is 30.2 Å². The van der Waals surface area contributed by atoms with E-state index in [2.05, 4.69) is 0 Å². The Balaban J connectivity index is 2.33. The number of anilines is 1. The van der Waals surface area contributed by atoms with Crippen molar-refractivity contribution in [3.05, 3.63) is 23.8 Å². The molecular formula is C13H15NO4S. The summed E-state index contributed by atoms with van der Waals surface area (Å²) in [5, 5.41) is 0. The summed E-state index contributed by atoms with van der Waals surface area (Å²) in [5.41, 5.74) is 1.64. The molecule has 0 bridgehead atoms. The van der Waals surface area contributed by atoms with Gasteiger partial charge in [-0.25, -0.2) is 8.42 Å². The third kappa shape index (κ3) is 2.68. The molecule has 19 heavy (non-hydrogen) atoms. The number of carbonyl (C=O) groups is 2. The molecule has 0 fully saturated rings. The van der Waals surface area contributed by atoms with Crippen LogP contribution >= 0.6 is 0 Å². The highest BCUT2D eigenvalue weighted by atomic mass is 32.2. The van der Waals surface area contributed by atoms with Gasteiger partial charge in [0.1, 0.15) is 6.29 Å². The molecule has 0 N–H and O–H groups in total. The lowest BCUT2D eigenvalue weighted by atomic mass is 10.2. The van der Waals surface area contributed by atoms with E-state index in [1.54, 1.807) is 17.0 Å². The molecule has 0 saturated heterocycles. The molecule has 102 valence electrons. The van der Waals surface area contributed by atoms with Crippen molar-refractivity contribution in [2.45, 2.75) is 24.7 Å². The number of hydrogen-bond donors (Lipinski definition) is 0. The number of rotatable bonds is 4. The molecule has 1 aromatic rings. The fourth-order valence-corrected chi connectivity index (χ4v) is 3.46. The van der Waals surface area contributed by atoms with E-state index < -0.39 is 9.84 Å². The van der Waals surface area contributed by atoms with Crippen LogP contribution in [0, 0.1) is 0 Å². The van der Waals surface area contributed by atoms with Gasteiger partial charge in [0, 0.05) is 25.6 Å². The molecule has 0 aromatic heterocycles. The summed E-state index contributed by atoms with van der Waals surface area (Å²) in [4.78, 5) is 23.5. The zero-order chi connectivity index (χ0) is 14.0. The molecule has 0 spiro atoms. The molecule has 0 atom stereocenters. The van der Waals surface area contributed by atoms with Gasteiger partial charge >= 0.3 is 0 Å². The lowest BCUT2D eigenvalue weighted by molar-refractivity contribution is -0.116. The number of aldehydes is 1. The summed E-state index contributed by atoms with van der Waals surface area (Å²) in [7, 11) is -3.42. The van der Waals surface area contributed by atoms with Crippen LogP contribution in [0.1, 0.15) is 18.9 Å². The van der Waals surface area contributed by atoms with Crippen LogP contribution in [0.15, 0.2) is 23.1 Å². The first-order chi connectivity index (χ1) is 8.95. The van der Waals surface area contributed by atoms with Crippen LogP contribution in [0.5, 0.6) is 0 Å². The van der Waals surface area contributed by atoms with E-state index >= 15 is 0 Å². The molecule has 0 saturated carbocycles. The van der Waals surface area contributed by atoms with E-state index in [-0.39, 0.29) is 23.0 Å². The number of nitrogens with zero attached hydrogens (tertiary/aromatic N) is 1. The number of carbonyl (C=O) groups excluding carboxylic acids is 2. The molecule has 1 heterocycles. The van der Waals surface area contributed by atoms with Gasteiger partial charge in [0.2, 0.25) is 5.91 Å². The Labute approximate surface area is 112 Å². The Morgan fingerprint density at radius 1 is 1.42 bits per heavy atom. The summed E-state index contributed by atoms with van der Waals surface area (Å²) in [6.07, 6.45) is 1.26. The van der Waals surface area contributed by atoms with Crippen LogP contribution in [0.3, 0.4) is 0 Å². The van der Waals surface area contributed by atoms with Crippen LogP contribution in [0.2, 0.25) is 0 Å². The second-order valence-electron chi connectivity index (χ2n) is 4.49. The van der Waals surface area contributed by atoms with Gasteiger partial charge in [0.05, 0.1) is 10.6 Å². The van der Waals surface area contributed by atoms with Crippen LogP contribution < -0.4 is 4.90 Å². The minimum absolute atomic E-state index is 0.00100. The number of fused-ring (bicyclic) bond motifs is 1. The number of benzene rings is 1. The second kappa shape index (κ2) is 5.13. The van der Waals surface area contributed by atoms with Gasteiger partial charge in [-0.2, -0.15) is 0 Å². The molecule has 2 rings (SSSR count). The Morgan fingerprint density at radius 2 is 2.16 bits per heavy atom. The Kier molecular flexibility index (Phi) is 3.71. The summed E-state index contributed by atoms with van der Waals surface area (Å²) in [5.74, 6) is -0.221. The molecule has 1 amide bonds. The van der Waals surface area contributed by atoms with Crippen molar-refractivity contribution in [2.24, 2.45) is 0 Å². The van der Waals surface area contributed by atoms with E-state index in [4.69, 9.17) is 0 Å². The fourth-order valence-electron chi connectivity index (χ4n) is 2.22. The molecule has 1 aliphatic rings. The maximum Gasteiger partial charge on any atom is 0.223 e. The number of amides is 1. The van der Waals surface area contributed by atoms with Crippen LogP contribution in [-0.4, -0.2) is 32.9 Å². The van der Waals surface area contributed by atoms with Crippen molar-refractivity contribution in [2.75, 3.05) is 17.2 Å². The Morgan fingerprint density at radius 3 is 2.79 bits per heavy atom. The highest BCUT2D eigenvalue weighted by Gasteiger charge is 2.24. The smallest absolute Gasteiger partial charge is 0.223 e. The third-order valence-electron chi connectivity index (χ3n) is 3.19. The average Bonchev–Trinajstić information content (AvgIpc) is 2.79. The van der Waals surface area contributed by atoms with Crippen molar-refractivity contribution >= 4 is 27.7 Å². The van der Waals surface area contributed by atoms with E-state index in [0.717, 1.165) is 11.3 Å². The predicted octanol–water partition coefficient (Wildman–Crippen LogP) is 0.958. The lowest BCUT2D eigenvalue weighted by Gasteiger charge is -2.14. The number of hydrogen-bond acceptors (Lipinski definition) is 4. The quantitative estimate of drug-likeness (QED) is 0.771. The van der Waals surface area contributed by atoms with E-state index in [1.807, 2.05) is 0 Å². The van der Waals surface area contributed by atoms with Crippen molar-refractivity contribution in [1.29, 1.82) is 0 Å². The largest absolute Gasteiger partial charge is 0.312 e. The first-order valence-electron chi connectivity index (χ1n) is 6.03. The predicted molar refractivity (Wildman–Crippen MR) is 70.9 cm³/mol. The zero-order valence-electron chi connectivity index (χ0n) is 10.6. The SMILES string of the molecule is CC(=O)N1CCc2cc(S(=O)(=O)CCC=O)ccc21. The summed E-state index contributed by atoms with van der Waals surface area (Å²) in [6, 6.07) is 4.77. The number of sulfone groups is 1.